The van der Waals surface area contributed by atoms with Gasteiger partial charge in [-0.3, -0.25) is 19.6 Å². The van der Waals surface area contributed by atoms with E-state index in [1.807, 2.05) is 91.8 Å². The van der Waals surface area contributed by atoms with Gasteiger partial charge in [0.15, 0.2) is 0 Å². The van der Waals surface area contributed by atoms with Gasteiger partial charge in [0.05, 0.1) is 0 Å². The minimum atomic E-state index is -0.768. The Balaban J connectivity index is 1.79. The van der Waals surface area contributed by atoms with E-state index in [2.05, 4.69) is 5.32 Å². The smallest absolute Gasteiger partial charge is 0.251 e. The molecule has 206 valence electrons. The molecule has 39 heavy (non-hydrogen) atoms. The highest BCUT2D eigenvalue weighted by Crippen LogP contribution is 2.17. The van der Waals surface area contributed by atoms with Crippen molar-refractivity contribution in [1.82, 2.24) is 15.7 Å². The van der Waals surface area contributed by atoms with Crippen LogP contribution in [-0.2, 0) is 22.7 Å². The number of hydrogen-bond donors (Lipinski definition) is 3. The van der Waals surface area contributed by atoms with Gasteiger partial charge in [0.2, 0.25) is 11.8 Å². The third kappa shape index (κ3) is 9.77. The predicted molar refractivity (Wildman–Crippen MR) is 156 cm³/mol. The van der Waals surface area contributed by atoms with E-state index in [1.54, 1.807) is 22.5 Å². The molecule has 0 spiro atoms. The summed E-state index contributed by atoms with van der Waals surface area (Å²) in [6.07, 6.45) is 0.719. The summed E-state index contributed by atoms with van der Waals surface area (Å²) in [5.74, 6) is -0.00201. The number of anilines is 1. The summed E-state index contributed by atoms with van der Waals surface area (Å²) < 4.78 is 0. The summed E-state index contributed by atoms with van der Waals surface area (Å²) >= 11 is 1.49. The Morgan fingerprint density at radius 1 is 0.846 bits per heavy atom. The number of benzene rings is 3. The van der Waals surface area contributed by atoms with E-state index in [9.17, 15) is 14.4 Å². The Hall–Kier alpha value is -3.82. The van der Waals surface area contributed by atoms with Crippen molar-refractivity contribution in [1.29, 1.82) is 0 Å². The maximum Gasteiger partial charge on any atom is 0.251 e. The molecule has 0 aromatic heterocycles. The molecule has 0 fully saturated rings. The minimum Gasteiger partial charge on any atom is -0.378 e. The van der Waals surface area contributed by atoms with Crippen molar-refractivity contribution in [2.24, 2.45) is 0 Å². The quantitative estimate of drug-likeness (QED) is 0.159. The van der Waals surface area contributed by atoms with E-state index in [0.717, 1.165) is 16.8 Å². The Morgan fingerprint density at radius 2 is 1.41 bits per heavy atom. The van der Waals surface area contributed by atoms with Gasteiger partial charge in [-0.05, 0) is 47.6 Å². The first-order valence-corrected chi connectivity index (χ1v) is 14.0. The summed E-state index contributed by atoms with van der Waals surface area (Å²) in [4.78, 5) is 42.2. The Morgan fingerprint density at radius 3 is 1.92 bits per heavy atom. The number of amides is 3. The highest BCUT2D eigenvalue weighted by atomic mass is 32.2. The molecule has 0 heterocycles. The van der Waals surface area contributed by atoms with Crippen molar-refractivity contribution in [2.45, 2.75) is 32.0 Å². The van der Waals surface area contributed by atoms with Gasteiger partial charge in [-0.15, -0.1) is 0 Å². The Bertz CT molecular complexity index is 1150. The fraction of sp³-hybridized carbons (Fsp3) is 0.300. The van der Waals surface area contributed by atoms with Gasteiger partial charge in [0, 0.05) is 50.6 Å². The van der Waals surface area contributed by atoms with Gasteiger partial charge >= 0.3 is 0 Å². The van der Waals surface area contributed by atoms with Crippen molar-refractivity contribution in [3.8, 4) is 0 Å². The molecule has 1 atom stereocenters. The molecule has 0 aliphatic carbocycles. The van der Waals surface area contributed by atoms with Crippen LogP contribution < -0.4 is 15.7 Å². The van der Waals surface area contributed by atoms with Crippen LogP contribution in [0.2, 0.25) is 0 Å². The summed E-state index contributed by atoms with van der Waals surface area (Å²) in [6.45, 7) is 0.805. The normalized spacial score (nSPS) is 11.4. The molecular formula is C30H36N4O4S. The number of thioether (sulfide) groups is 1. The minimum absolute atomic E-state index is 0.179. The van der Waals surface area contributed by atoms with Crippen molar-refractivity contribution in [3.05, 3.63) is 102 Å². The SMILES string of the molecule is CN(C)c1ccc(C(=O)N[C@@H](CSCCCC(=O)NO)C(=O)N(Cc2ccccc2)Cc2ccccc2)cc1. The molecule has 0 aliphatic rings. The highest BCUT2D eigenvalue weighted by molar-refractivity contribution is 7.99. The molecule has 0 saturated heterocycles. The lowest BCUT2D eigenvalue weighted by Crippen LogP contribution is -2.49. The fourth-order valence-corrected chi connectivity index (χ4v) is 4.94. The molecular weight excluding hydrogens is 512 g/mol. The maximum absolute atomic E-state index is 14.0. The van der Waals surface area contributed by atoms with E-state index in [1.165, 1.54) is 11.8 Å². The number of nitrogens with zero attached hydrogens (tertiary/aromatic N) is 2. The lowest BCUT2D eigenvalue weighted by Gasteiger charge is -2.28. The van der Waals surface area contributed by atoms with Crippen LogP contribution >= 0.6 is 11.8 Å². The van der Waals surface area contributed by atoms with Crippen molar-refractivity contribution < 1.29 is 19.6 Å². The Labute approximate surface area is 234 Å². The predicted octanol–water partition coefficient (Wildman–Crippen LogP) is 4.10. The number of carbonyl (C=O) groups excluding carboxylic acids is 3. The van der Waals surface area contributed by atoms with Crippen molar-refractivity contribution in [3.63, 3.8) is 0 Å². The lowest BCUT2D eigenvalue weighted by atomic mass is 10.1. The second-order valence-electron chi connectivity index (χ2n) is 9.35. The molecule has 3 amide bonds. The third-order valence-corrected chi connectivity index (χ3v) is 7.24. The van der Waals surface area contributed by atoms with E-state index in [-0.39, 0.29) is 18.2 Å². The number of carbonyl (C=O) groups is 3. The van der Waals surface area contributed by atoms with E-state index in [4.69, 9.17) is 5.21 Å². The van der Waals surface area contributed by atoms with E-state index in [0.29, 0.717) is 36.6 Å². The zero-order valence-corrected chi connectivity index (χ0v) is 23.2. The second-order valence-corrected chi connectivity index (χ2v) is 10.5. The van der Waals surface area contributed by atoms with Gasteiger partial charge in [0.25, 0.3) is 5.91 Å². The molecule has 0 radical (unpaired) electrons. The molecule has 3 aromatic rings. The van der Waals surface area contributed by atoms with Gasteiger partial charge < -0.3 is 15.1 Å². The van der Waals surface area contributed by atoms with Gasteiger partial charge in [-0.1, -0.05) is 60.7 Å². The van der Waals surface area contributed by atoms with Gasteiger partial charge in [0.1, 0.15) is 6.04 Å². The number of rotatable bonds is 14. The molecule has 0 bridgehead atoms. The first-order valence-electron chi connectivity index (χ1n) is 12.8. The maximum atomic E-state index is 14.0. The highest BCUT2D eigenvalue weighted by Gasteiger charge is 2.27. The standard InChI is InChI=1S/C30H36N4O4S/c1-33(2)26-17-15-25(16-18-26)29(36)31-27(22-39-19-9-14-28(35)32-38)30(37)34(20-23-10-5-3-6-11-23)21-24-12-7-4-8-13-24/h3-8,10-13,15-18,27,38H,9,14,19-22H2,1-2H3,(H,31,36)(H,32,35)/t27-/m0/s1. The molecule has 0 unspecified atom stereocenters. The van der Waals surface area contributed by atoms with Crippen LogP contribution in [0.25, 0.3) is 0 Å². The summed E-state index contributed by atoms with van der Waals surface area (Å²) in [6, 6.07) is 26.0. The molecule has 3 aromatic carbocycles. The largest absolute Gasteiger partial charge is 0.378 e. The lowest BCUT2D eigenvalue weighted by molar-refractivity contribution is -0.134. The van der Waals surface area contributed by atoms with Gasteiger partial charge in [-0.2, -0.15) is 11.8 Å². The average molecular weight is 549 g/mol. The van der Waals surface area contributed by atoms with Gasteiger partial charge in [-0.25, -0.2) is 5.48 Å². The molecule has 3 rings (SSSR count). The summed E-state index contributed by atoms with van der Waals surface area (Å²) in [5, 5.41) is 11.7. The van der Waals surface area contributed by atoms with Crippen LogP contribution in [-0.4, -0.2) is 59.5 Å². The Kier molecular flexibility index (Phi) is 11.9. The van der Waals surface area contributed by atoms with Crippen LogP contribution in [0.1, 0.15) is 34.3 Å². The number of nitrogens with one attached hydrogen (secondary N) is 2. The molecule has 9 heteroatoms. The summed E-state index contributed by atoms with van der Waals surface area (Å²) in [5.41, 5.74) is 5.06. The van der Waals surface area contributed by atoms with Crippen LogP contribution in [0, 0.1) is 0 Å². The van der Waals surface area contributed by atoms with Crippen LogP contribution in [0.15, 0.2) is 84.9 Å². The number of hydrogen-bond acceptors (Lipinski definition) is 6. The molecule has 0 saturated carbocycles. The van der Waals surface area contributed by atoms with E-state index < -0.39 is 11.9 Å². The van der Waals surface area contributed by atoms with Crippen LogP contribution in [0.5, 0.6) is 0 Å². The second kappa shape index (κ2) is 15.6. The van der Waals surface area contributed by atoms with E-state index >= 15 is 0 Å². The molecule has 0 aliphatic heterocycles. The molecule has 8 nitrogen and oxygen atoms in total. The summed E-state index contributed by atoms with van der Waals surface area (Å²) in [7, 11) is 3.86. The fourth-order valence-electron chi connectivity index (χ4n) is 3.96. The zero-order chi connectivity index (χ0) is 28.0. The third-order valence-electron chi connectivity index (χ3n) is 6.10. The first kappa shape index (κ1) is 29.7. The number of hydroxylamine groups is 1. The van der Waals surface area contributed by atoms with Crippen LogP contribution in [0.3, 0.4) is 0 Å². The zero-order valence-electron chi connectivity index (χ0n) is 22.4. The van der Waals surface area contributed by atoms with Crippen molar-refractivity contribution in [2.75, 3.05) is 30.5 Å². The molecule has 3 N–H and O–H groups in total. The van der Waals surface area contributed by atoms with Crippen molar-refractivity contribution >= 4 is 35.2 Å². The van der Waals surface area contributed by atoms with Crippen LogP contribution in [0.4, 0.5) is 5.69 Å². The monoisotopic (exact) mass is 548 g/mol. The first-order chi connectivity index (χ1) is 18.9. The topological polar surface area (TPSA) is 102 Å². The average Bonchev–Trinajstić information content (AvgIpc) is 2.96.